The lowest BCUT2D eigenvalue weighted by atomic mass is 10.1. The van der Waals surface area contributed by atoms with E-state index in [9.17, 15) is 4.79 Å². The Morgan fingerprint density at radius 2 is 1.81 bits per heavy atom. The van der Waals surface area contributed by atoms with E-state index >= 15 is 0 Å². The summed E-state index contributed by atoms with van der Waals surface area (Å²) in [5.41, 5.74) is 4.54. The Balaban J connectivity index is 1.71. The fourth-order valence-electron chi connectivity index (χ4n) is 2.76. The summed E-state index contributed by atoms with van der Waals surface area (Å²) in [7, 11) is 1.56. The van der Waals surface area contributed by atoms with Gasteiger partial charge in [0.2, 0.25) is 0 Å². The Morgan fingerprint density at radius 3 is 2.35 bits per heavy atom. The van der Waals surface area contributed by atoms with Crippen LogP contribution in [-0.2, 0) is 0 Å². The Labute approximate surface area is 152 Å². The van der Waals surface area contributed by atoms with Crippen LogP contribution in [0.4, 0.5) is 5.82 Å². The van der Waals surface area contributed by atoms with Gasteiger partial charge in [-0.05, 0) is 56.7 Å². The van der Waals surface area contributed by atoms with Gasteiger partial charge in [0, 0.05) is 12.7 Å². The van der Waals surface area contributed by atoms with Crippen LogP contribution in [-0.4, -0.2) is 32.9 Å². The van der Waals surface area contributed by atoms with Crippen LogP contribution in [0.25, 0.3) is 5.69 Å². The highest BCUT2D eigenvalue weighted by Gasteiger charge is 2.10. The molecule has 0 fully saturated rings. The first-order chi connectivity index (χ1) is 12.5. The minimum Gasteiger partial charge on any atom is -0.362 e. The molecule has 1 atom stereocenters. The van der Waals surface area contributed by atoms with E-state index in [2.05, 4.69) is 44.1 Å². The monoisotopic (exact) mass is 350 g/mol. The minimum absolute atomic E-state index is 0.0460. The number of rotatable bonds is 5. The van der Waals surface area contributed by atoms with Crippen molar-refractivity contribution in [3.05, 3.63) is 65.1 Å². The SMILES string of the molecule is CNC(=O)c1ccc(NC(C)c2ccc(-n3nc(C)cc3C)cc2)nn1. The number of amides is 1. The van der Waals surface area contributed by atoms with E-state index < -0.39 is 0 Å². The molecule has 3 aromatic rings. The second-order valence-electron chi connectivity index (χ2n) is 6.18. The molecule has 0 aliphatic rings. The van der Waals surface area contributed by atoms with Gasteiger partial charge < -0.3 is 10.6 Å². The predicted molar refractivity (Wildman–Crippen MR) is 100 cm³/mol. The summed E-state index contributed by atoms with van der Waals surface area (Å²) in [4.78, 5) is 11.5. The molecular weight excluding hydrogens is 328 g/mol. The van der Waals surface area contributed by atoms with Gasteiger partial charge in [-0.15, -0.1) is 10.2 Å². The van der Waals surface area contributed by atoms with Crippen molar-refractivity contribution in [1.29, 1.82) is 0 Å². The molecule has 7 heteroatoms. The standard InChI is InChI=1S/C19H22N6O/c1-12-11-13(2)25(24-12)16-7-5-15(6-8-16)14(3)21-18-10-9-17(22-23-18)19(26)20-4/h5-11,14H,1-4H3,(H,20,26)(H,21,23). The highest BCUT2D eigenvalue weighted by Crippen LogP contribution is 2.20. The quantitative estimate of drug-likeness (QED) is 0.739. The van der Waals surface area contributed by atoms with Crippen molar-refractivity contribution < 1.29 is 4.79 Å². The van der Waals surface area contributed by atoms with Crippen LogP contribution in [0.1, 0.15) is 40.4 Å². The summed E-state index contributed by atoms with van der Waals surface area (Å²) in [6, 6.07) is 13.7. The van der Waals surface area contributed by atoms with E-state index in [4.69, 9.17) is 0 Å². The Kier molecular flexibility index (Phi) is 4.97. The van der Waals surface area contributed by atoms with Gasteiger partial charge in [0.15, 0.2) is 5.69 Å². The second kappa shape index (κ2) is 7.35. The topological polar surface area (TPSA) is 84.7 Å². The number of nitrogens with one attached hydrogen (secondary N) is 2. The van der Waals surface area contributed by atoms with Crippen molar-refractivity contribution >= 4 is 11.7 Å². The van der Waals surface area contributed by atoms with Crippen LogP contribution in [0.5, 0.6) is 0 Å². The molecule has 3 rings (SSSR count). The van der Waals surface area contributed by atoms with Crippen LogP contribution < -0.4 is 10.6 Å². The summed E-state index contributed by atoms with van der Waals surface area (Å²) in [6.07, 6.45) is 0. The highest BCUT2D eigenvalue weighted by atomic mass is 16.1. The summed E-state index contributed by atoms with van der Waals surface area (Å²) >= 11 is 0. The molecule has 0 saturated heterocycles. The molecule has 0 saturated carbocycles. The van der Waals surface area contributed by atoms with Gasteiger partial charge in [0.1, 0.15) is 5.82 Å². The molecule has 7 nitrogen and oxygen atoms in total. The maximum absolute atomic E-state index is 11.5. The fourth-order valence-corrected chi connectivity index (χ4v) is 2.76. The minimum atomic E-state index is -0.253. The van der Waals surface area contributed by atoms with E-state index in [0.29, 0.717) is 11.5 Å². The van der Waals surface area contributed by atoms with E-state index in [1.165, 1.54) is 0 Å². The number of hydrogen-bond donors (Lipinski definition) is 2. The number of carbonyl (C=O) groups is 1. The van der Waals surface area contributed by atoms with Crippen LogP contribution in [0, 0.1) is 13.8 Å². The molecule has 1 aromatic carbocycles. The predicted octanol–water partition coefficient (Wildman–Crippen LogP) is 2.81. The van der Waals surface area contributed by atoms with Gasteiger partial charge in [-0.1, -0.05) is 12.1 Å². The number of aromatic nitrogens is 4. The lowest BCUT2D eigenvalue weighted by Gasteiger charge is -2.15. The maximum Gasteiger partial charge on any atom is 0.271 e. The second-order valence-corrected chi connectivity index (χ2v) is 6.18. The first-order valence-electron chi connectivity index (χ1n) is 8.44. The van der Waals surface area contributed by atoms with Crippen molar-refractivity contribution in [3.8, 4) is 5.69 Å². The molecule has 0 spiro atoms. The molecule has 1 unspecified atom stereocenters. The van der Waals surface area contributed by atoms with Gasteiger partial charge in [0.25, 0.3) is 5.91 Å². The first-order valence-corrected chi connectivity index (χ1v) is 8.44. The summed E-state index contributed by atoms with van der Waals surface area (Å²) in [6.45, 7) is 6.08. The Morgan fingerprint density at radius 1 is 1.08 bits per heavy atom. The van der Waals surface area contributed by atoms with Crippen LogP contribution >= 0.6 is 0 Å². The first kappa shape index (κ1) is 17.6. The zero-order chi connectivity index (χ0) is 18.7. The molecule has 0 radical (unpaired) electrons. The van der Waals surface area contributed by atoms with E-state index in [1.54, 1.807) is 19.2 Å². The molecule has 0 aliphatic carbocycles. The molecule has 26 heavy (non-hydrogen) atoms. The number of nitrogens with zero attached hydrogens (tertiary/aromatic N) is 4. The molecule has 0 aliphatic heterocycles. The lowest BCUT2D eigenvalue weighted by molar-refractivity contribution is 0.0957. The van der Waals surface area contributed by atoms with Crippen LogP contribution in [0.15, 0.2) is 42.5 Å². The largest absolute Gasteiger partial charge is 0.362 e. The zero-order valence-corrected chi connectivity index (χ0v) is 15.3. The number of hydrogen-bond acceptors (Lipinski definition) is 5. The normalized spacial score (nSPS) is 11.8. The Bertz CT molecular complexity index is 899. The molecule has 1 amide bonds. The van der Waals surface area contributed by atoms with E-state index in [0.717, 1.165) is 22.6 Å². The van der Waals surface area contributed by atoms with Gasteiger partial charge in [-0.25, -0.2) is 4.68 Å². The van der Waals surface area contributed by atoms with Crippen molar-refractivity contribution in [2.45, 2.75) is 26.8 Å². The molecular formula is C19H22N6O. The smallest absolute Gasteiger partial charge is 0.271 e. The highest BCUT2D eigenvalue weighted by molar-refractivity contribution is 5.91. The van der Waals surface area contributed by atoms with Gasteiger partial charge in [-0.3, -0.25) is 4.79 Å². The fraction of sp³-hybridized carbons (Fsp3) is 0.263. The third kappa shape index (κ3) is 3.72. The molecule has 0 bridgehead atoms. The van der Waals surface area contributed by atoms with Crippen LogP contribution in [0.3, 0.4) is 0 Å². The summed E-state index contributed by atoms with van der Waals surface area (Å²) < 4.78 is 1.93. The average molecular weight is 350 g/mol. The number of anilines is 1. The Hall–Kier alpha value is -3.22. The summed E-state index contributed by atoms with van der Waals surface area (Å²) in [5, 5.41) is 18.3. The van der Waals surface area contributed by atoms with E-state index in [1.807, 2.05) is 37.6 Å². The summed E-state index contributed by atoms with van der Waals surface area (Å²) in [5.74, 6) is 0.365. The average Bonchev–Trinajstić information content (AvgIpc) is 3.00. The lowest BCUT2D eigenvalue weighted by Crippen LogP contribution is -2.20. The maximum atomic E-state index is 11.5. The van der Waals surface area contributed by atoms with Crippen molar-refractivity contribution in [1.82, 2.24) is 25.3 Å². The van der Waals surface area contributed by atoms with Crippen LogP contribution in [0.2, 0.25) is 0 Å². The number of aryl methyl sites for hydroxylation is 2. The molecule has 134 valence electrons. The third-order valence-electron chi connectivity index (χ3n) is 4.14. The molecule has 2 aromatic heterocycles. The van der Waals surface area contributed by atoms with Crippen molar-refractivity contribution in [2.24, 2.45) is 0 Å². The van der Waals surface area contributed by atoms with Crippen molar-refractivity contribution in [2.75, 3.05) is 12.4 Å². The molecule has 2 N–H and O–H groups in total. The number of carbonyl (C=O) groups excluding carboxylic acids is 1. The molecule has 2 heterocycles. The number of benzene rings is 1. The zero-order valence-electron chi connectivity index (χ0n) is 15.3. The van der Waals surface area contributed by atoms with Gasteiger partial charge >= 0.3 is 0 Å². The van der Waals surface area contributed by atoms with Gasteiger partial charge in [0.05, 0.1) is 17.4 Å². The third-order valence-corrected chi connectivity index (χ3v) is 4.14. The van der Waals surface area contributed by atoms with E-state index in [-0.39, 0.29) is 11.9 Å². The van der Waals surface area contributed by atoms with Crippen molar-refractivity contribution in [3.63, 3.8) is 0 Å². The van der Waals surface area contributed by atoms with Gasteiger partial charge in [-0.2, -0.15) is 5.10 Å².